The van der Waals surface area contributed by atoms with Crippen LogP contribution in [0, 0.1) is 0 Å². The highest BCUT2D eigenvalue weighted by atomic mass is 35.5. The highest BCUT2D eigenvalue weighted by Crippen LogP contribution is 2.32. The number of fused-ring (bicyclic) bond motifs is 1. The Morgan fingerprint density at radius 3 is 3.08 bits per heavy atom. The predicted molar refractivity (Wildman–Crippen MR) is 50.4 cm³/mol. The van der Waals surface area contributed by atoms with E-state index < -0.39 is 5.24 Å². The van der Waals surface area contributed by atoms with Gasteiger partial charge in [0.1, 0.15) is 11.9 Å². The molecule has 0 bridgehead atoms. The van der Waals surface area contributed by atoms with Crippen LogP contribution in [0.25, 0.3) is 0 Å². The van der Waals surface area contributed by atoms with Crippen molar-refractivity contribution in [2.45, 2.75) is 19.4 Å². The van der Waals surface area contributed by atoms with Crippen LogP contribution in [-0.4, -0.2) is 11.3 Å². The van der Waals surface area contributed by atoms with E-state index in [1.165, 1.54) is 0 Å². The standard InChI is InChI=1S/C10H9ClO2/c1-6-5-7-3-2-4-8(10(11)12)9(7)13-6/h2-4,6H,5H2,1H3/t6-/m0/s1. The third-order valence-corrected chi connectivity index (χ3v) is 2.34. The van der Waals surface area contributed by atoms with Crippen LogP contribution in [0.15, 0.2) is 18.2 Å². The van der Waals surface area contributed by atoms with Gasteiger partial charge < -0.3 is 4.74 Å². The van der Waals surface area contributed by atoms with Crippen molar-refractivity contribution in [1.82, 2.24) is 0 Å². The summed E-state index contributed by atoms with van der Waals surface area (Å²) in [6, 6.07) is 5.48. The van der Waals surface area contributed by atoms with Crippen LogP contribution in [0.1, 0.15) is 22.8 Å². The van der Waals surface area contributed by atoms with Crippen molar-refractivity contribution in [3.05, 3.63) is 29.3 Å². The molecule has 1 aliphatic rings. The first-order chi connectivity index (χ1) is 6.18. The van der Waals surface area contributed by atoms with Crippen LogP contribution in [0.2, 0.25) is 0 Å². The molecule has 1 aliphatic heterocycles. The SMILES string of the molecule is C[C@H]1Cc2cccc(C(=O)Cl)c2O1. The number of benzene rings is 1. The van der Waals surface area contributed by atoms with E-state index in [0.717, 1.165) is 12.0 Å². The lowest BCUT2D eigenvalue weighted by Crippen LogP contribution is -2.06. The van der Waals surface area contributed by atoms with Crippen LogP contribution in [0.3, 0.4) is 0 Å². The number of rotatable bonds is 1. The van der Waals surface area contributed by atoms with Crippen LogP contribution in [0.5, 0.6) is 5.75 Å². The minimum absolute atomic E-state index is 0.146. The molecule has 1 heterocycles. The molecule has 2 rings (SSSR count). The van der Waals surface area contributed by atoms with Crippen molar-refractivity contribution in [3.8, 4) is 5.75 Å². The zero-order valence-electron chi connectivity index (χ0n) is 7.21. The number of para-hydroxylation sites is 1. The van der Waals surface area contributed by atoms with Gasteiger partial charge in [0.2, 0.25) is 0 Å². The van der Waals surface area contributed by atoms with Gasteiger partial charge >= 0.3 is 0 Å². The molecule has 1 atom stereocenters. The quantitative estimate of drug-likeness (QED) is 0.645. The summed E-state index contributed by atoms with van der Waals surface area (Å²) in [6.07, 6.45) is 1.00. The normalized spacial score (nSPS) is 19.4. The Morgan fingerprint density at radius 1 is 1.62 bits per heavy atom. The summed E-state index contributed by atoms with van der Waals surface area (Å²) in [5.41, 5.74) is 1.54. The topological polar surface area (TPSA) is 26.3 Å². The molecule has 0 fully saturated rings. The van der Waals surface area contributed by atoms with Gasteiger partial charge in [0.05, 0.1) is 5.56 Å². The van der Waals surface area contributed by atoms with Gasteiger partial charge in [0.15, 0.2) is 0 Å². The first-order valence-electron chi connectivity index (χ1n) is 4.17. The minimum atomic E-state index is -0.453. The molecule has 13 heavy (non-hydrogen) atoms. The summed E-state index contributed by atoms with van der Waals surface area (Å²) in [6.45, 7) is 1.97. The predicted octanol–water partition coefficient (Wildman–Crippen LogP) is 2.39. The highest BCUT2D eigenvalue weighted by Gasteiger charge is 2.23. The fourth-order valence-electron chi connectivity index (χ4n) is 1.59. The molecule has 0 unspecified atom stereocenters. The van der Waals surface area contributed by atoms with Crippen LogP contribution in [0.4, 0.5) is 0 Å². The monoisotopic (exact) mass is 196 g/mol. The number of carbonyl (C=O) groups is 1. The van der Waals surface area contributed by atoms with Crippen LogP contribution >= 0.6 is 11.6 Å². The second kappa shape index (κ2) is 3.04. The molecule has 0 amide bonds. The molecule has 0 N–H and O–H groups in total. The van der Waals surface area contributed by atoms with Gasteiger partial charge in [0.25, 0.3) is 5.24 Å². The fraction of sp³-hybridized carbons (Fsp3) is 0.300. The second-order valence-electron chi connectivity index (χ2n) is 3.20. The first kappa shape index (κ1) is 8.57. The van der Waals surface area contributed by atoms with Gasteiger partial charge in [-0.3, -0.25) is 4.79 Å². The number of halogens is 1. The molecule has 2 nitrogen and oxygen atoms in total. The molecular weight excluding hydrogens is 188 g/mol. The Hall–Kier alpha value is -1.02. The Labute approximate surface area is 81.5 Å². The maximum atomic E-state index is 11.0. The molecule has 0 aromatic heterocycles. The minimum Gasteiger partial charge on any atom is -0.489 e. The first-order valence-corrected chi connectivity index (χ1v) is 4.54. The number of ether oxygens (including phenoxy) is 1. The van der Waals surface area contributed by atoms with Crippen LogP contribution in [-0.2, 0) is 6.42 Å². The van der Waals surface area contributed by atoms with Crippen molar-refractivity contribution in [1.29, 1.82) is 0 Å². The molecule has 0 radical (unpaired) electrons. The largest absolute Gasteiger partial charge is 0.489 e. The number of carbonyl (C=O) groups excluding carboxylic acids is 1. The zero-order valence-corrected chi connectivity index (χ0v) is 7.97. The third kappa shape index (κ3) is 1.42. The average Bonchev–Trinajstić information content (AvgIpc) is 2.43. The Balaban J connectivity index is 2.51. The zero-order chi connectivity index (χ0) is 9.42. The van der Waals surface area contributed by atoms with E-state index in [1.807, 2.05) is 19.1 Å². The lowest BCUT2D eigenvalue weighted by Gasteiger charge is -2.05. The van der Waals surface area contributed by atoms with Gasteiger partial charge in [-0.25, -0.2) is 0 Å². The summed E-state index contributed by atoms with van der Waals surface area (Å²) in [7, 11) is 0. The summed E-state index contributed by atoms with van der Waals surface area (Å²) in [4.78, 5) is 11.0. The fourth-order valence-corrected chi connectivity index (χ4v) is 1.74. The molecule has 3 heteroatoms. The van der Waals surface area contributed by atoms with Crippen molar-refractivity contribution >= 4 is 16.8 Å². The third-order valence-electron chi connectivity index (χ3n) is 2.13. The summed E-state index contributed by atoms with van der Waals surface area (Å²) in [5, 5.41) is -0.453. The van der Waals surface area contributed by atoms with Crippen molar-refractivity contribution in [2.24, 2.45) is 0 Å². The Kier molecular flexibility index (Phi) is 2.00. The molecule has 0 saturated carbocycles. The number of hydrogen-bond donors (Lipinski definition) is 0. The van der Waals surface area contributed by atoms with E-state index >= 15 is 0 Å². The molecule has 1 aromatic carbocycles. The van der Waals surface area contributed by atoms with E-state index in [1.54, 1.807) is 6.07 Å². The maximum absolute atomic E-state index is 11.0. The van der Waals surface area contributed by atoms with E-state index in [-0.39, 0.29) is 6.10 Å². The smallest absolute Gasteiger partial charge is 0.256 e. The summed E-state index contributed by atoms with van der Waals surface area (Å²) in [5.74, 6) is 0.662. The Morgan fingerprint density at radius 2 is 2.38 bits per heavy atom. The van der Waals surface area contributed by atoms with Crippen molar-refractivity contribution in [3.63, 3.8) is 0 Å². The van der Waals surface area contributed by atoms with Crippen molar-refractivity contribution in [2.75, 3.05) is 0 Å². The van der Waals surface area contributed by atoms with Gasteiger partial charge in [0, 0.05) is 6.42 Å². The molecule has 0 spiro atoms. The van der Waals surface area contributed by atoms with E-state index in [0.29, 0.717) is 11.3 Å². The van der Waals surface area contributed by atoms with Gasteiger partial charge in [-0.15, -0.1) is 0 Å². The van der Waals surface area contributed by atoms with E-state index in [9.17, 15) is 4.79 Å². The highest BCUT2D eigenvalue weighted by molar-refractivity contribution is 6.68. The molecule has 68 valence electrons. The second-order valence-corrected chi connectivity index (χ2v) is 3.54. The van der Waals surface area contributed by atoms with Gasteiger partial charge in [-0.2, -0.15) is 0 Å². The van der Waals surface area contributed by atoms with E-state index in [4.69, 9.17) is 16.3 Å². The lowest BCUT2D eigenvalue weighted by molar-refractivity contribution is 0.107. The lowest BCUT2D eigenvalue weighted by atomic mass is 10.1. The molecule has 0 saturated heterocycles. The summed E-state index contributed by atoms with van der Waals surface area (Å²) >= 11 is 5.42. The average molecular weight is 197 g/mol. The van der Waals surface area contributed by atoms with Crippen molar-refractivity contribution < 1.29 is 9.53 Å². The molecule has 0 aliphatic carbocycles. The number of hydrogen-bond acceptors (Lipinski definition) is 2. The van der Waals surface area contributed by atoms with Crippen LogP contribution < -0.4 is 4.74 Å². The molecule has 1 aromatic rings. The summed E-state index contributed by atoms with van der Waals surface area (Å²) < 4.78 is 5.49. The molecular formula is C10H9ClO2. The maximum Gasteiger partial charge on any atom is 0.256 e. The van der Waals surface area contributed by atoms with E-state index in [2.05, 4.69) is 0 Å². The Bertz CT molecular complexity index is 360. The van der Waals surface area contributed by atoms with Gasteiger partial charge in [-0.1, -0.05) is 12.1 Å². The van der Waals surface area contributed by atoms with Gasteiger partial charge in [-0.05, 0) is 30.2 Å².